The summed E-state index contributed by atoms with van der Waals surface area (Å²) in [6, 6.07) is 0.800. The summed E-state index contributed by atoms with van der Waals surface area (Å²) >= 11 is 1.78. The zero-order valence-corrected chi connectivity index (χ0v) is 11.3. The first-order valence-electron chi connectivity index (χ1n) is 6.22. The van der Waals surface area contributed by atoms with Crippen LogP contribution in [0, 0.1) is 11.3 Å². The maximum Gasteiger partial charge on any atom is 0.0930 e. The lowest BCUT2D eigenvalue weighted by molar-refractivity contribution is 0.206. The first kappa shape index (κ1) is 12.1. The van der Waals surface area contributed by atoms with Gasteiger partial charge in [0.05, 0.1) is 5.01 Å². The van der Waals surface area contributed by atoms with E-state index in [0.29, 0.717) is 11.3 Å². The molecule has 0 bridgehead atoms. The molecular weight excluding hydrogens is 216 g/mol. The standard InChI is InChI=1S/C13H22N2S/c1-10(2)13(3,9-15-11-4-5-11)8-12-14-6-7-16-12/h6-7,10-11,15H,4-5,8-9H2,1-3H3. The second-order valence-electron chi connectivity index (χ2n) is 5.57. The Bertz CT molecular complexity index is 317. The number of nitrogens with one attached hydrogen (secondary N) is 1. The molecule has 0 aromatic carbocycles. The second-order valence-corrected chi connectivity index (χ2v) is 6.55. The largest absolute Gasteiger partial charge is 0.313 e. The molecule has 1 unspecified atom stereocenters. The molecule has 0 spiro atoms. The van der Waals surface area contributed by atoms with E-state index in [0.717, 1.165) is 19.0 Å². The van der Waals surface area contributed by atoms with E-state index in [2.05, 4.69) is 36.5 Å². The van der Waals surface area contributed by atoms with Crippen molar-refractivity contribution < 1.29 is 0 Å². The van der Waals surface area contributed by atoms with Crippen LogP contribution in [0.25, 0.3) is 0 Å². The molecule has 0 saturated heterocycles. The first-order chi connectivity index (χ1) is 7.60. The molecule has 0 radical (unpaired) electrons. The zero-order valence-electron chi connectivity index (χ0n) is 10.5. The zero-order chi connectivity index (χ0) is 11.6. The number of hydrogen-bond acceptors (Lipinski definition) is 3. The van der Waals surface area contributed by atoms with E-state index in [1.54, 1.807) is 11.3 Å². The van der Waals surface area contributed by atoms with Crippen LogP contribution in [0.1, 0.15) is 38.6 Å². The molecule has 16 heavy (non-hydrogen) atoms. The van der Waals surface area contributed by atoms with Gasteiger partial charge in [0, 0.05) is 30.6 Å². The van der Waals surface area contributed by atoms with Gasteiger partial charge in [-0.3, -0.25) is 0 Å². The lowest BCUT2D eigenvalue weighted by Gasteiger charge is -2.33. The average Bonchev–Trinajstić information content (AvgIpc) is 2.94. The third-order valence-electron chi connectivity index (χ3n) is 3.80. The van der Waals surface area contributed by atoms with Crippen molar-refractivity contribution in [2.45, 2.75) is 46.1 Å². The third kappa shape index (κ3) is 3.05. The minimum Gasteiger partial charge on any atom is -0.313 e. The Morgan fingerprint density at radius 1 is 1.56 bits per heavy atom. The fourth-order valence-corrected chi connectivity index (χ4v) is 2.64. The summed E-state index contributed by atoms with van der Waals surface area (Å²) in [5.41, 5.74) is 0.334. The van der Waals surface area contributed by atoms with Crippen molar-refractivity contribution >= 4 is 11.3 Å². The topological polar surface area (TPSA) is 24.9 Å². The molecule has 1 N–H and O–H groups in total. The Hall–Kier alpha value is -0.410. The van der Waals surface area contributed by atoms with E-state index in [9.17, 15) is 0 Å². The second kappa shape index (κ2) is 4.84. The summed E-state index contributed by atoms with van der Waals surface area (Å²) in [5.74, 6) is 0.683. The predicted molar refractivity (Wildman–Crippen MR) is 69.8 cm³/mol. The maximum atomic E-state index is 4.42. The van der Waals surface area contributed by atoms with Gasteiger partial charge in [-0.05, 0) is 24.2 Å². The Morgan fingerprint density at radius 3 is 2.81 bits per heavy atom. The Balaban J connectivity index is 1.95. The van der Waals surface area contributed by atoms with Crippen LogP contribution in [-0.4, -0.2) is 17.6 Å². The van der Waals surface area contributed by atoms with Gasteiger partial charge in [-0.1, -0.05) is 20.8 Å². The molecule has 2 nitrogen and oxygen atoms in total. The third-order valence-corrected chi connectivity index (χ3v) is 4.58. The number of hydrogen-bond donors (Lipinski definition) is 1. The normalized spacial score (nSPS) is 20.0. The molecule has 1 aromatic rings. The van der Waals surface area contributed by atoms with Crippen LogP contribution in [0.2, 0.25) is 0 Å². The van der Waals surface area contributed by atoms with Gasteiger partial charge in [-0.2, -0.15) is 0 Å². The van der Waals surface area contributed by atoms with Gasteiger partial charge >= 0.3 is 0 Å². The van der Waals surface area contributed by atoms with E-state index in [-0.39, 0.29) is 0 Å². The van der Waals surface area contributed by atoms with Gasteiger partial charge in [-0.15, -0.1) is 11.3 Å². The van der Waals surface area contributed by atoms with Gasteiger partial charge in [0.25, 0.3) is 0 Å². The van der Waals surface area contributed by atoms with Crippen molar-refractivity contribution in [3.8, 4) is 0 Å². The van der Waals surface area contributed by atoms with Crippen LogP contribution in [0.15, 0.2) is 11.6 Å². The fourth-order valence-electron chi connectivity index (χ4n) is 1.82. The minimum atomic E-state index is 0.334. The van der Waals surface area contributed by atoms with Gasteiger partial charge in [0.15, 0.2) is 0 Å². The quantitative estimate of drug-likeness (QED) is 0.824. The molecular formula is C13H22N2S. The van der Waals surface area contributed by atoms with E-state index in [1.165, 1.54) is 17.8 Å². The van der Waals surface area contributed by atoms with Crippen LogP contribution >= 0.6 is 11.3 Å². The number of rotatable bonds is 6. The highest BCUT2D eigenvalue weighted by Crippen LogP contribution is 2.32. The van der Waals surface area contributed by atoms with Crippen molar-refractivity contribution in [3.05, 3.63) is 16.6 Å². The Kier molecular flexibility index (Phi) is 3.65. The van der Waals surface area contributed by atoms with Crippen molar-refractivity contribution in [2.75, 3.05) is 6.54 Å². The summed E-state index contributed by atoms with van der Waals surface area (Å²) in [4.78, 5) is 4.42. The van der Waals surface area contributed by atoms with Gasteiger partial charge < -0.3 is 5.32 Å². The first-order valence-corrected chi connectivity index (χ1v) is 7.10. The highest BCUT2D eigenvalue weighted by molar-refractivity contribution is 7.09. The van der Waals surface area contributed by atoms with Gasteiger partial charge in [-0.25, -0.2) is 4.98 Å². The van der Waals surface area contributed by atoms with Crippen LogP contribution in [0.3, 0.4) is 0 Å². The fraction of sp³-hybridized carbons (Fsp3) is 0.769. The molecule has 0 amide bonds. The Morgan fingerprint density at radius 2 is 2.31 bits per heavy atom. The number of nitrogens with zero attached hydrogens (tertiary/aromatic N) is 1. The van der Waals surface area contributed by atoms with Gasteiger partial charge in [0.2, 0.25) is 0 Å². The summed E-state index contributed by atoms with van der Waals surface area (Å²) in [6.45, 7) is 8.15. The van der Waals surface area contributed by atoms with Crippen LogP contribution in [-0.2, 0) is 6.42 Å². The molecule has 1 saturated carbocycles. The van der Waals surface area contributed by atoms with E-state index in [4.69, 9.17) is 0 Å². The summed E-state index contributed by atoms with van der Waals surface area (Å²) in [7, 11) is 0. The highest BCUT2D eigenvalue weighted by atomic mass is 32.1. The SMILES string of the molecule is CC(C)C(C)(CNC1CC1)Cc1nccs1. The summed E-state index contributed by atoms with van der Waals surface area (Å²) in [5, 5.41) is 7.01. The molecule has 1 heterocycles. The molecule has 1 aromatic heterocycles. The monoisotopic (exact) mass is 238 g/mol. The summed E-state index contributed by atoms with van der Waals surface area (Å²) < 4.78 is 0. The smallest absolute Gasteiger partial charge is 0.0930 e. The molecule has 0 aliphatic heterocycles. The molecule has 1 aliphatic carbocycles. The Labute approximate surface area is 102 Å². The van der Waals surface area contributed by atoms with Crippen LogP contribution < -0.4 is 5.32 Å². The molecule has 3 heteroatoms. The van der Waals surface area contributed by atoms with E-state index >= 15 is 0 Å². The van der Waals surface area contributed by atoms with Crippen molar-refractivity contribution in [1.82, 2.24) is 10.3 Å². The number of aromatic nitrogens is 1. The molecule has 1 aliphatic rings. The molecule has 1 fully saturated rings. The van der Waals surface area contributed by atoms with E-state index in [1.807, 2.05) is 6.20 Å². The minimum absolute atomic E-state index is 0.334. The van der Waals surface area contributed by atoms with Gasteiger partial charge in [0.1, 0.15) is 0 Å². The van der Waals surface area contributed by atoms with Crippen LogP contribution in [0.4, 0.5) is 0 Å². The molecule has 1 atom stereocenters. The average molecular weight is 238 g/mol. The van der Waals surface area contributed by atoms with Crippen molar-refractivity contribution in [2.24, 2.45) is 11.3 Å². The predicted octanol–water partition coefficient (Wildman–Crippen LogP) is 3.10. The maximum absolute atomic E-state index is 4.42. The number of thiazole rings is 1. The lowest BCUT2D eigenvalue weighted by Crippen LogP contribution is -2.38. The van der Waals surface area contributed by atoms with Crippen molar-refractivity contribution in [3.63, 3.8) is 0 Å². The molecule has 90 valence electrons. The lowest BCUT2D eigenvalue weighted by atomic mass is 9.76. The molecule has 2 rings (SSSR count). The summed E-state index contributed by atoms with van der Waals surface area (Å²) in [6.07, 6.45) is 5.74. The van der Waals surface area contributed by atoms with Crippen molar-refractivity contribution in [1.29, 1.82) is 0 Å². The van der Waals surface area contributed by atoms with E-state index < -0.39 is 0 Å². The van der Waals surface area contributed by atoms with Crippen LogP contribution in [0.5, 0.6) is 0 Å². The highest BCUT2D eigenvalue weighted by Gasteiger charge is 2.32.